The molecule has 0 aromatic carbocycles. The molecule has 2 nitrogen and oxygen atoms in total. The molecule has 0 aliphatic heterocycles. The van der Waals surface area contributed by atoms with Crippen molar-refractivity contribution in [2.24, 2.45) is 40.4 Å². The molecule has 0 aromatic rings. The Morgan fingerprint density at radius 3 is 2.61 bits per heavy atom. The predicted octanol–water partition coefficient (Wildman–Crippen LogP) is 4.15. The molecular weight excluding hydrogens is 291 g/mol. The van der Waals surface area contributed by atoms with Gasteiger partial charge in [-0.1, -0.05) is 13.8 Å². The van der Waals surface area contributed by atoms with Gasteiger partial charge in [-0.2, -0.15) is 0 Å². The Labute approximate surface area is 139 Å². The van der Waals surface area contributed by atoms with Crippen LogP contribution in [0.1, 0.15) is 65.2 Å². The third-order valence-corrected chi connectivity index (χ3v) is 8.93. The lowest BCUT2D eigenvalue weighted by Crippen LogP contribution is -2.57. The topological polar surface area (TPSA) is 37.3 Å². The van der Waals surface area contributed by atoms with E-state index in [2.05, 4.69) is 13.8 Å². The highest BCUT2D eigenvalue weighted by Gasteiger charge is 2.62. The summed E-state index contributed by atoms with van der Waals surface area (Å²) in [7, 11) is 0. The van der Waals surface area contributed by atoms with Crippen LogP contribution < -0.4 is 0 Å². The number of ketones is 1. The van der Waals surface area contributed by atoms with E-state index in [9.17, 15) is 14.3 Å². The van der Waals surface area contributed by atoms with Crippen molar-refractivity contribution >= 4 is 5.78 Å². The second-order valence-electron chi connectivity index (χ2n) is 9.45. The lowest BCUT2D eigenvalue weighted by molar-refractivity contribution is -0.158. The van der Waals surface area contributed by atoms with Crippen LogP contribution >= 0.6 is 0 Å². The zero-order valence-electron chi connectivity index (χ0n) is 14.6. The first kappa shape index (κ1) is 16.1. The molecule has 0 bridgehead atoms. The highest BCUT2D eigenvalue weighted by Crippen LogP contribution is 2.67. The summed E-state index contributed by atoms with van der Waals surface area (Å²) in [5.41, 5.74) is 0.0838. The third-order valence-electron chi connectivity index (χ3n) is 8.93. The van der Waals surface area contributed by atoms with Gasteiger partial charge in [-0.3, -0.25) is 9.18 Å². The van der Waals surface area contributed by atoms with Crippen molar-refractivity contribution in [2.45, 2.75) is 71.3 Å². The summed E-state index contributed by atoms with van der Waals surface area (Å²) >= 11 is 0. The van der Waals surface area contributed by atoms with Crippen LogP contribution in [0.3, 0.4) is 0 Å². The molecule has 1 N–H and O–H groups in total. The van der Waals surface area contributed by atoms with Gasteiger partial charge in [0.1, 0.15) is 5.78 Å². The van der Waals surface area contributed by atoms with Gasteiger partial charge in [-0.25, -0.2) is 0 Å². The van der Waals surface area contributed by atoms with E-state index in [4.69, 9.17) is 0 Å². The standard InChI is InChI=1S/C20H31FO2/c1-19-8-7-17-15(16(19)5-6-18(19)23)4-3-12-9-14(22)10-13(11-21)20(12,17)2/h12-13,15-18,23H,3-11H2,1-2H3/t12?,13?,15-,16-,17-,18-,19-,20+/m0/s1. The van der Waals surface area contributed by atoms with Gasteiger partial charge in [0.2, 0.25) is 0 Å². The van der Waals surface area contributed by atoms with Gasteiger partial charge in [-0.15, -0.1) is 0 Å². The molecule has 0 saturated heterocycles. The first-order chi connectivity index (χ1) is 10.9. The minimum Gasteiger partial charge on any atom is -0.393 e. The van der Waals surface area contributed by atoms with E-state index in [1.54, 1.807) is 0 Å². The van der Waals surface area contributed by atoms with Crippen LogP contribution in [0.5, 0.6) is 0 Å². The number of aliphatic hydroxyl groups is 1. The molecule has 8 atom stereocenters. The maximum atomic E-state index is 13.8. The molecular formula is C20H31FO2. The summed E-state index contributed by atoms with van der Waals surface area (Å²) < 4.78 is 13.8. The summed E-state index contributed by atoms with van der Waals surface area (Å²) in [6.45, 7) is 4.25. The number of rotatable bonds is 1. The van der Waals surface area contributed by atoms with Crippen molar-refractivity contribution in [3.8, 4) is 0 Å². The Balaban J connectivity index is 1.68. The van der Waals surface area contributed by atoms with Gasteiger partial charge < -0.3 is 5.11 Å². The minimum atomic E-state index is -0.341. The van der Waals surface area contributed by atoms with E-state index in [1.165, 1.54) is 6.42 Å². The number of alkyl halides is 1. The van der Waals surface area contributed by atoms with Crippen molar-refractivity contribution in [3.63, 3.8) is 0 Å². The molecule has 0 spiro atoms. The highest BCUT2D eigenvalue weighted by atomic mass is 19.1. The normalized spacial score (nSPS) is 55.9. The number of aliphatic hydroxyl groups excluding tert-OH is 1. The zero-order chi connectivity index (χ0) is 16.4. The molecule has 4 rings (SSSR count). The maximum Gasteiger partial charge on any atom is 0.133 e. The molecule has 4 aliphatic rings. The summed E-state index contributed by atoms with van der Waals surface area (Å²) in [6, 6.07) is 0. The molecule has 4 saturated carbocycles. The summed E-state index contributed by atoms with van der Waals surface area (Å²) in [5.74, 6) is 2.39. The Morgan fingerprint density at radius 2 is 1.87 bits per heavy atom. The third kappa shape index (κ3) is 2.04. The lowest BCUT2D eigenvalue weighted by atomic mass is 9.43. The first-order valence-electron chi connectivity index (χ1n) is 9.67. The molecule has 2 unspecified atom stereocenters. The fourth-order valence-electron chi connectivity index (χ4n) is 7.47. The van der Waals surface area contributed by atoms with E-state index in [-0.39, 0.29) is 35.3 Å². The van der Waals surface area contributed by atoms with Gasteiger partial charge in [0.05, 0.1) is 12.8 Å². The van der Waals surface area contributed by atoms with E-state index in [1.807, 2.05) is 0 Å². The maximum absolute atomic E-state index is 13.8. The molecule has 0 amide bonds. The second kappa shape index (κ2) is 5.28. The van der Waals surface area contributed by atoms with Gasteiger partial charge >= 0.3 is 0 Å². The molecule has 0 heterocycles. The number of hydrogen-bond acceptors (Lipinski definition) is 2. The molecule has 130 valence electrons. The molecule has 23 heavy (non-hydrogen) atoms. The largest absolute Gasteiger partial charge is 0.393 e. The van der Waals surface area contributed by atoms with Gasteiger partial charge in [-0.05, 0) is 73.0 Å². The predicted molar refractivity (Wildman–Crippen MR) is 87.6 cm³/mol. The minimum absolute atomic E-state index is 0.000445. The van der Waals surface area contributed by atoms with Crippen LogP contribution in [0.15, 0.2) is 0 Å². The average molecular weight is 322 g/mol. The van der Waals surface area contributed by atoms with Crippen LogP contribution in [0.2, 0.25) is 0 Å². The SMILES string of the molecule is C[C@]12C(CF)CC(=O)CC1CC[C@@H]1[C@@H]2CC[C@]2(C)[C@@H](O)CC[C@@H]12. The van der Waals surface area contributed by atoms with Crippen molar-refractivity contribution in [1.82, 2.24) is 0 Å². The van der Waals surface area contributed by atoms with E-state index < -0.39 is 0 Å². The van der Waals surface area contributed by atoms with Crippen molar-refractivity contribution < 1.29 is 14.3 Å². The number of fused-ring (bicyclic) bond motifs is 5. The Kier molecular flexibility index (Phi) is 3.68. The second-order valence-corrected chi connectivity index (χ2v) is 9.45. The van der Waals surface area contributed by atoms with E-state index >= 15 is 0 Å². The summed E-state index contributed by atoms with van der Waals surface area (Å²) in [4.78, 5) is 12.1. The number of hydrogen-bond donors (Lipinski definition) is 1. The fraction of sp³-hybridized carbons (Fsp3) is 0.950. The van der Waals surface area contributed by atoms with Crippen LogP contribution in [0.4, 0.5) is 4.39 Å². The van der Waals surface area contributed by atoms with Gasteiger partial charge in [0.25, 0.3) is 0 Å². The average Bonchev–Trinajstić information content (AvgIpc) is 2.83. The van der Waals surface area contributed by atoms with Gasteiger partial charge in [0.15, 0.2) is 0 Å². The first-order valence-corrected chi connectivity index (χ1v) is 9.67. The molecule has 0 aromatic heterocycles. The molecule has 0 radical (unpaired) electrons. The Bertz CT molecular complexity index is 494. The van der Waals surface area contributed by atoms with Crippen LogP contribution in [-0.2, 0) is 4.79 Å². The number of halogens is 1. The zero-order valence-corrected chi connectivity index (χ0v) is 14.6. The number of Topliss-reactive ketones (excluding diaryl/α,β-unsaturated/α-hetero) is 1. The summed E-state index contributed by atoms with van der Waals surface area (Å²) in [6.07, 6.45) is 7.53. The van der Waals surface area contributed by atoms with Crippen molar-refractivity contribution in [2.75, 3.05) is 6.67 Å². The molecule has 3 heteroatoms. The summed E-state index contributed by atoms with van der Waals surface area (Å²) in [5, 5.41) is 10.5. The number of carbonyl (C=O) groups excluding carboxylic acids is 1. The Hall–Kier alpha value is -0.440. The van der Waals surface area contributed by atoms with E-state index in [0.717, 1.165) is 32.1 Å². The number of carbonyl (C=O) groups is 1. The smallest absolute Gasteiger partial charge is 0.133 e. The van der Waals surface area contributed by atoms with Crippen LogP contribution in [0, 0.1) is 40.4 Å². The van der Waals surface area contributed by atoms with Crippen LogP contribution in [0.25, 0.3) is 0 Å². The van der Waals surface area contributed by atoms with Crippen LogP contribution in [-0.4, -0.2) is 23.7 Å². The fourth-order valence-corrected chi connectivity index (χ4v) is 7.47. The van der Waals surface area contributed by atoms with Crippen molar-refractivity contribution in [3.05, 3.63) is 0 Å². The van der Waals surface area contributed by atoms with Crippen molar-refractivity contribution in [1.29, 1.82) is 0 Å². The van der Waals surface area contributed by atoms with Gasteiger partial charge in [0, 0.05) is 18.8 Å². The molecule has 4 fully saturated rings. The Morgan fingerprint density at radius 1 is 1.09 bits per heavy atom. The lowest BCUT2D eigenvalue weighted by Gasteiger charge is -2.62. The monoisotopic (exact) mass is 322 g/mol. The molecule has 4 aliphatic carbocycles. The quantitative estimate of drug-likeness (QED) is 0.787. The van der Waals surface area contributed by atoms with E-state index in [0.29, 0.717) is 36.5 Å². The highest BCUT2D eigenvalue weighted by molar-refractivity contribution is 5.80.